The number of hydrogen-bond donors (Lipinski definition) is 1. The van der Waals surface area contributed by atoms with Crippen molar-refractivity contribution in [3.8, 4) is 11.5 Å². The summed E-state index contributed by atoms with van der Waals surface area (Å²) >= 11 is 3.57. The number of piperidine rings is 1. The Bertz CT molecular complexity index is 456. The molecule has 0 aromatic heterocycles. The molecule has 1 unspecified atom stereocenters. The molecule has 0 spiro atoms. The van der Waals surface area contributed by atoms with Crippen LogP contribution in [0, 0.1) is 6.92 Å². The summed E-state index contributed by atoms with van der Waals surface area (Å²) in [6.07, 6.45) is 4.98. The van der Waals surface area contributed by atoms with Gasteiger partial charge in [0.15, 0.2) is 11.5 Å². The maximum absolute atomic E-state index is 5.57. The highest BCUT2D eigenvalue weighted by Gasteiger charge is 2.23. The maximum atomic E-state index is 5.57. The number of hydrogen-bond acceptors (Lipinski definition) is 3. The topological polar surface area (TPSA) is 30.5 Å². The Balaban J connectivity index is 1.85. The first kappa shape index (κ1) is 12.3. The molecule has 3 rings (SSSR count). The average Bonchev–Trinajstić information content (AvgIpc) is 2.87. The molecule has 1 aromatic carbocycles. The Kier molecular flexibility index (Phi) is 3.48. The SMILES string of the molecule is Cc1c(CC2CCCCN2)cc(Br)c2c1OCO2. The van der Waals surface area contributed by atoms with Crippen LogP contribution in [0.5, 0.6) is 11.5 Å². The lowest BCUT2D eigenvalue weighted by Gasteiger charge is -2.24. The predicted octanol–water partition coefficient (Wildman–Crippen LogP) is 3.17. The van der Waals surface area contributed by atoms with Gasteiger partial charge in [0.05, 0.1) is 4.47 Å². The van der Waals surface area contributed by atoms with Crippen LogP contribution >= 0.6 is 15.9 Å². The molecule has 98 valence electrons. The van der Waals surface area contributed by atoms with Gasteiger partial charge in [0.25, 0.3) is 0 Å². The number of benzene rings is 1. The second kappa shape index (κ2) is 5.10. The summed E-state index contributed by atoms with van der Waals surface area (Å²) in [7, 11) is 0. The zero-order valence-electron chi connectivity index (χ0n) is 10.6. The summed E-state index contributed by atoms with van der Waals surface area (Å²) < 4.78 is 12.0. The zero-order valence-corrected chi connectivity index (χ0v) is 12.2. The first-order chi connectivity index (χ1) is 8.75. The highest BCUT2D eigenvalue weighted by molar-refractivity contribution is 9.10. The second-order valence-corrected chi connectivity index (χ2v) is 5.91. The van der Waals surface area contributed by atoms with Crippen molar-refractivity contribution in [2.75, 3.05) is 13.3 Å². The lowest BCUT2D eigenvalue weighted by molar-refractivity contribution is 0.173. The molecular formula is C14H18BrNO2. The van der Waals surface area contributed by atoms with Crippen LogP contribution in [0.4, 0.5) is 0 Å². The third kappa shape index (κ3) is 2.24. The highest BCUT2D eigenvalue weighted by Crippen LogP contribution is 2.43. The minimum absolute atomic E-state index is 0.333. The van der Waals surface area contributed by atoms with E-state index in [9.17, 15) is 0 Å². The number of ether oxygens (including phenoxy) is 2. The van der Waals surface area contributed by atoms with E-state index in [2.05, 4.69) is 34.2 Å². The van der Waals surface area contributed by atoms with E-state index in [1.165, 1.54) is 30.4 Å². The van der Waals surface area contributed by atoms with Crippen LogP contribution in [0.15, 0.2) is 10.5 Å². The quantitative estimate of drug-likeness (QED) is 0.910. The Hall–Kier alpha value is -0.740. The molecule has 1 aromatic rings. The van der Waals surface area contributed by atoms with Gasteiger partial charge in [-0.2, -0.15) is 0 Å². The van der Waals surface area contributed by atoms with Crippen LogP contribution in [0.2, 0.25) is 0 Å². The van der Waals surface area contributed by atoms with Crippen LogP contribution < -0.4 is 14.8 Å². The van der Waals surface area contributed by atoms with Crippen LogP contribution in [0.1, 0.15) is 30.4 Å². The molecule has 2 aliphatic heterocycles. The van der Waals surface area contributed by atoms with Gasteiger partial charge in [-0.3, -0.25) is 0 Å². The molecule has 2 aliphatic rings. The van der Waals surface area contributed by atoms with Crippen LogP contribution in [-0.4, -0.2) is 19.4 Å². The Morgan fingerprint density at radius 2 is 2.17 bits per heavy atom. The van der Waals surface area contributed by atoms with Gasteiger partial charge in [-0.15, -0.1) is 0 Å². The fourth-order valence-corrected chi connectivity index (χ4v) is 3.35. The van der Waals surface area contributed by atoms with Crippen molar-refractivity contribution in [2.45, 2.75) is 38.6 Å². The summed E-state index contributed by atoms with van der Waals surface area (Å²) in [5.74, 6) is 1.77. The van der Waals surface area contributed by atoms with Gasteiger partial charge in [0, 0.05) is 6.04 Å². The molecule has 0 amide bonds. The van der Waals surface area contributed by atoms with Crippen molar-refractivity contribution in [1.82, 2.24) is 5.32 Å². The predicted molar refractivity (Wildman–Crippen MR) is 74.3 cm³/mol. The van der Waals surface area contributed by atoms with Gasteiger partial charge < -0.3 is 14.8 Å². The van der Waals surface area contributed by atoms with Crippen molar-refractivity contribution in [3.05, 3.63) is 21.7 Å². The van der Waals surface area contributed by atoms with Gasteiger partial charge in [0.2, 0.25) is 6.79 Å². The number of fused-ring (bicyclic) bond motifs is 1. The van der Waals surface area contributed by atoms with Gasteiger partial charge in [-0.05, 0) is 65.9 Å². The van der Waals surface area contributed by atoms with E-state index in [0.717, 1.165) is 28.9 Å². The maximum Gasteiger partial charge on any atom is 0.231 e. The normalized spacial score (nSPS) is 22.2. The molecule has 0 aliphatic carbocycles. The third-order valence-electron chi connectivity index (χ3n) is 3.83. The van der Waals surface area contributed by atoms with Gasteiger partial charge in [-0.1, -0.05) is 6.42 Å². The molecule has 3 nitrogen and oxygen atoms in total. The second-order valence-electron chi connectivity index (χ2n) is 5.06. The number of nitrogens with one attached hydrogen (secondary N) is 1. The van der Waals surface area contributed by atoms with E-state index in [1.807, 2.05) is 0 Å². The van der Waals surface area contributed by atoms with Crippen molar-refractivity contribution in [2.24, 2.45) is 0 Å². The van der Waals surface area contributed by atoms with E-state index >= 15 is 0 Å². The fraction of sp³-hybridized carbons (Fsp3) is 0.571. The molecule has 1 atom stereocenters. The van der Waals surface area contributed by atoms with Crippen molar-refractivity contribution in [3.63, 3.8) is 0 Å². The van der Waals surface area contributed by atoms with E-state index in [4.69, 9.17) is 9.47 Å². The summed E-state index contributed by atoms with van der Waals surface area (Å²) in [6.45, 7) is 3.60. The van der Waals surface area contributed by atoms with Gasteiger partial charge >= 0.3 is 0 Å². The van der Waals surface area contributed by atoms with E-state index in [-0.39, 0.29) is 0 Å². The molecule has 2 heterocycles. The minimum atomic E-state index is 0.333. The third-order valence-corrected chi connectivity index (χ3v) is 4.42. The van der Waals surface area contributed by atoms with Crippen molar-refractivity contribution < 1.29 is 9.47 Å². The molecule has 1 N–H and O–H groups in total. The van der Waals surface area contributed by atoms with Crippen molar-refractivity contribution in [1.29, 1.82) is 0 Å². The fourth-order valence-electron chi connectivity index (χ4n) is 2.78. The Morgan fingerprint density at radius 3 is 2.94 bits per heavy atom. The van der Waals surface area contributed by atoms with E-state index in [1.54, 1.807) is 0 Å². The van der Waals surface area contributed by atoms with Crippen molar-refractivity contribution >= 4 is 15.9 Å². The zero-order chi connectivity index (χ0) is 12.5. The molecule has 0 radical (unpaired) electrons. The highest BCUT2D eigenvalue weighted by atomic mass is 79.9. The van der Waals surface area contributed by atoms with Crippen LogP contribution in [0.25, 0.3) is 0 Å². The summed E-state index contributed by atoms with van der Waals surface area (Å²) in [5, 5.41) is 3.59. The molecule has 18 heavy (non-hydrogen) atoms. The monoisotopic (exact) mass is 311 g/mol. The smallest absolute Gasteiger partial charge is 0.231 e. The summed E-state index contributed by atoms with van der Waals surface area (Å²) in [6, 6.07) is 2.78. The first-order valence-electron chi connectivity index (χ1n) is 6.56. The number of halogens is 1. The van der Waals surface area contributed by atoms with E-state index in [0.29, 0.717) is 12.8 Å². The Labute approximate surface area is 116 Å². The molecular weight excluding hydrogens is 294 g/mol. The van der Waals surface area contributed by atoms with Gasteiger partial charge in [0.1, 0.15) is 0 Å². The largest absolute Gasteiger partial charge is 0.453 e. The average molecular weight is 312 g/mol. The first-order valence-corrected chi connectivity index (χ1v) is 7.36. The van der Waals surface area contributed by atoms with E-state index < -0.39 is 0 Å². The van der Waals surface area contributed by atoms with Gasteiger partial charge in [-0.25, -0.2) is 0 Å². The summed E-state index contributed by atoms with van der Waals surface area (Å²) in [5.41, 5.74) is 2.57. The van der Waals surface area contributed by atoms with Crippen LogP contribution in [0.3, 0.4) is 0 Å². The molecule has 0 bridgehead atoms. The Morgan fingerprint density at radius 1 is 1.33 bits per heavy atom. The number of rotatable bonds is 2. The standard InChI is InChI=1S/C14H18BrNO2/c1-9-10(6-11-4-2-3-5-16-11)7-12(15)14-13(9)17-8-18-14/h7,11,16H,2-6,8H2,1H3. The molecule has 1 fully saturated rings. The lowest BCUT2D eigenvalue weighted by atomic mass is 9.95. The van der Waals surface area contributed by atoms with Crippen LogP contribution in [-0.2, 0) is 6.42 Å². The molecule has 1 saturated heterocycles. The summed E-state index contributed by atoms with van der Waals surface area (Å²) in [4.78, 5) is 0. The minimum Gasteiger partial charge on any atom is -0.453 e. The molecule has 4 heteroatoms. The molecule has 0 saturated carbocycles. The lowest BCUT2D eigenvalue weighted by Crippen LogP contribution is -2.35.